The minimum absolute atomic E-state index is 0.822. The third-order valence-corrected chi connectivity index (χ3v) is 5.68. The van der Waals surface area contributed by atoms with Crippen LogP contribution in [0, 0.1) is 0 Å². The van der Waals surface area contributed by atoms with Crippen LogP contribution < -0.4 is 9.64 Å². The average Bonchev–Trinajstić information content (AvgIpc) is 2.79. The van der Waals surface area contributed by atoms with Gasteiger partial charge in [-0.3, -0.25) is 0 Å². The lowest BCUT2D eigenvalue weighted by molar-refractivity contribution is 0.271. The number of ether oxygens (including phenoxy) is 1. The summed E-state index contributed by atoms with van der Waals surface area (Å²) in [5.74, 6) is 2.04. The number of para-hydroxylation sites is 1. The van der Waals surface area contributed by atoms with Gasteiger partial charge in [0.05, 0.1) is 12.8 Å². The molecular formula is C25H29N3O. The van der Waals surface area contributed by atoms with Gasteiger partial charge in [-0.15, -0.1) is 0 Å². The number of piperazine rings is 1. The Labute approximate surface area is 173 Å². The number of hydrogen-bond acceptors (Lipinski definition) is 4. The molecule has 2 heterocycles. The van der Waals surface area contributed by atoms with Crippen molar-refractivity contribution >= 4 is 22.7 Å². The SMILES string of the molecule is CCN1CCN(c2nc(C=CCc3ccccc3OC)cc3ccccc23)CC1. The van der Waals surface area contributed by atoms with Gasteiger partial charge in [-0.1, -0.05) is 55.5 Å². The number of methoxy groups -OCH3 is 1. The van der Waals surface area contributed by atoms with Crippen molar-refractivity contribution in [2.24, 2.45) is 0 Å². The number of nitrogens with zero attached hydrogens (tertiary/aromatic N) is 3. The second kappa shape index (κ2) is 9.10. The number of allylic oxidation sites excluding steroid dienone is 1. The van der Waals surface area contributed by atoms with Crippen molar-refractivity contribution in [3.05, 3.63) is 71.9 Å². The van der Waals surface area contributed by atoms with Crippen molar-refractivity contribution in [2.75, 3.05) is 44.7 Å². The maximum Gasteiger partial charge on any atom is 0.137 e. The Kier molecular flexibility index (Phi) is 6.11. The Balaban J connectivity index is 1.60. The first-order valence-electron chi connectivity index (χ1n) is 10.4. The molecule has 0 unspecified atom stereocenters. The Morgan fingerprint density at radius 3 is 2.55 bits per heavy atom. The van der Waals surface area contributed by atoms with Gasteiger partial charge < -0.3 is 14.5 Å². The molecule has 0 spiro atoms. The summed E-state index contributed by atoms with van der Waals surface area (Å²) in [6.07, 6.45) is 5.13. The van der Waals surface area contributed by atoms with E-state index in [1.807, 2.05) is 18.2 Å². The van der Waals surface area contributed by atoms with E-state index in [1.54, 1.807) is 7.11 Å². The average molecular weight is 388 g/mol. The molecule has 0 amide bonds. The summed E-state index contributed by atoms with van der Waals surface area (Å²) < 4.78 is 5.46. The number of aromatic nitrogens is 1. The third-order valence-electron chi connectivity index (χ3n) is 5.68. The van der Waals surface area contributed by atoms with Crippen molar-refractivity contribution < 1.29 is 4.74 Å². The van der Waals surface area contributed by atoms with Crippen molar-refractivity contribution in [1.29, 1.82) is 0 Å². The number of anilines is 1. The summed E-state index contributed by atoms with van der Waals surface area (Å²) in [6.45, 7) is 7.60. The Hall–Kier alpha value is -2.85. The highest BCUT2D eigenvalue weighted by Gasteiger charge is 2.19. The molecule has 0 saturated carbocycles. The topological polar surface area (TPSA) is 28.6 Å². The summed E-state index contributed by atoms with van der Waals surface area (Å²) in [7, 11) is 1.72. The molecule has 0 radical (unpaired) electrons. The fourth-order valence-electron chi connectivity index (χ4n) is 3.98. The van der Waals surface area contributed by atoms with Gasteiger partial charge in [0, 0.05) is 31.6 Å². The zero-order valence-corrected chi connectivity index (χ0v) is 17.3. The minimum atomic E-state index is 0.822. The first kappa shape index (κ1) is 19.5. The van der Waals surface area contributed by atoms with Crippen molar-refractivity contribution in [3.63, 3.8) is 0 Å². The number of hydrogen-bond donors (Lipinski definition) is 0. The summed E-state index contributed by atoms with van der Waals surface area (Å²) in [5.41, 5.74) is 2.19. The number of benzene rings is 2. The Morgan fingerprint density at radius 1 is 1.00 bits per heavy atom. The zero-order valence-electron chi connectivity index (χ0n) is 17.3. The molecule has 1 fully saturated rings. The predicted molar refractivity (Wildman–Crippen MR) is 122 cm³/mol. The van der Waals surface area contributed by atoms with Crippen LogP contribution in [0.5, 0.6) is 5.75 Å². The molecule has 4 nitrogen and oxygen atoms in total. The van der Waals surface area contributed by atoms with Crippen LogP contribution in [0.25, 0.3) is 16.8 Å². The van der Waals surface area contributed by atoms with Gasteiger partial charge in [0.25, 0.3) is 0 Å². The van der Waals surface area contributed by atoms with Crippen molar-refractivity contribution in [2.45, 2.75) is 13.3 Å². The maximum atomic E-state index is 5.46. The molecule has 0 atom stereocenters. The molecule has 4 heteroatoms. The number of fused-ring (bicyclic) bond motifs is 1. The van der Waals surface area contributed by atoms with Crippen LogP contribution in [-0.4, -0.2) is 49.7 Å². The predicted octanol–water partition coefficient (Wildman–Crippen LogP) is 4.64. The monoisotopic (exact) mass is 387 g/mol. The van der Waals surface area contributed by atoms with Crippen LogP contribution in [0.2, 0.25) is 0 Å². The smallest absolute Gasteiger partial charge is 0.137 e. The molecule has 3 aromatic rings. The van der Waals surface area contributed by atoms with Gasteiger partial charge in [-0.2, -0.15) is 0 Å². The number of likely N-dealkylation sites (N-methyl/N-ethyl adjacent to an activating group) is 1. The van der Waals surface area contributed by atoms with Crippen LogP contribution in [0.4, 0.5) is 5.82 Å². The largest absolute Gasteiger partial charge is 0.496 e. The summed E-state index contributed by atoms with van der Waals surface area (Å²) in [4.78, 5) is 9.97. The summed E-state index contributed by atoms with van der Waals surface area (Å²) in [6, 6.07) is 18.9. The molecule has 4 rings (SSSR count). The second-order valence-electron chi connectivity index (χ2n) is 7.43. The molecule has 2 aromatic carbocycles. The Bertz CT molecular complexity index is 990. The summed E-state index contributed by atoms with van der Waals surface area (Å²) >= 11 is 0. The number of rotatable bonds is 6. The quantitative estimate of drug-likeness (QED) is 0.616. The normalized spacial score (nSPS) is 15.3. The second-order valence-corrected chi connectivity index (χ2v) is 7.43. The molecule has 150 valence electrons. The van der Waals surface area contributed by atoms with E-state index in [0.717, 1.165) is 56.4 Å². The number of pyridine rings is 1. The van der Waals surface area contributed by atoms with Gasteiger partial charge in [0.2, 0.25) is 0 Å². The lowest BCUT2D eigenvalue weighted by atomic mass is 10.1. The molecule has 0 N–H and O–H groups in total. The highest BCUT2D eigenvalue weighted by molar-refractivity contribution is 5.93. The lowest BCUT2D eigenvalue weighted by Crippen LogP contribution is -2.46. The van der Waals surface area contributed by atoms with Crippen LogP contribution in [0.3, 0.4) is 0 Å². The summed E-state index contributed by atoms with van der Waals surface area (Å²) in [5, 5.41) is 2.48. The van der Waals surface area contributed by atoms with E-state index in [4.69, 9.17) is 9.72 Å². The molecule has 1 aliphatic heterocycles. The van der Waals surface area contributed by atoms with E-state index in [2.05, 4.69) is 65.3 Å². The standard InChI is InChI=1S/C25H29N3O/c1-3-27-15-17-28(18-16-27)25-23-13-6-4-10-21(23)19-22(26-25)12-8-11-20-9-5-7-14-24(20)29-2/h4-10,12-14,19H,3,11,15-18H2,1-2H3. The van der Waals surface area contributed by atoms with E-state index < -0.39 is 0 Å². The van der Waals surface area contributed by atoms with Crippen LogP contribution >= 0.6 is 0 Å². The first-order chi connectivity index (χ1) is 14.3. The molecule has 1 saturated heterocycles. The van der Waals surface area contributed by atoms with E-state index in [0.29, 0.717) is 0 Å². The van der Waals surface area contributed by atoms with Crippen molar-refractivity contribution in [1.82, 2.24) is 9.88 Å². The molecular weight excluding hydrogens is 358 g/mol. The first-order valence-corrected chi connectivity index (χ1v) is 10.4. The third kappa shape index (κ3) is 4.43. The molecule has 1 aromatic heterocycles. The van der Waals surface area contributed by atoms with Crippen LogP contribution in [0.15, 0.2) is 60.7 Å². The molecule has 0 aliphatic carbocycles. The molecule has 29 heavy (non-hydrogen) atoms. The van der Waals surface area contributed by atoms with E-state index in [1.165, 1.54) is 16.3 Å². The van der Waals surface area contributed by atoms with Crippen LogP contribution in [-0.2, 0) is 6.42 Å². The van der Waals surface area contributed by atoms with Gasteiger partial charge in [0.15, 0.2) is 0 Å². The highest BCUT2D eigenvalue weighted by atomic mass is 16.5. The van der Waals surface area contributed by atoms with E-state index in [-0.39, 0.29) is 0 Å². The highest BCUT2D eigenvalue weighted by Crippen LogP contribution is 2.27. The Morgan fingerprint density at radius 2 is 1.76 bits per heavy atom. The lowest BCUT2D eigenvalue weighted by Gasteiger charge is -2.35. The van der Waals surface area contributed by atoms with Gasteiger partial charge in [0.1, 0.15) is 11.6 Å². The fraction of sp³-hybridized carbons (Fsp3) is 0.320. The van der Waals surface area contributed by atoms with E-state index >= 15 is 0 Å². The molecule has 0 bridgehead atoms. The van der Waals surface area contributed by atoms with Gasteiger partial charge >= 0.3 is 0 Å². The molecule has 1 aliphatic rings. The minimum Gasteiger partial charge on any atom is -0.496 e. The fourth-order valence-corrected chi connectivity index (χ4v) is 3.98. The van der Waals surface area contributed by atoms with Crippen molar-refractivity contribution in [3.8, 4) is 5.75 Å². The van der Waals surface area contributed by atoms with Gasteiger partial charge in [-0.25, -0.2) is 4.98 Å². The maximum absolute atomic E-state index is 5.46. The van der Waals surface area contributed by atoms with Gasteiger partial charge in [-0.05, 0) is 42.1 Å². The van der Waals surface area contributed by atoms with Crippen LogP contribution in [0.1, 0.15) is 18.2 Å². The zero-order chi connectivity index (χ0) is 20.1. The van der Waals surface area contributed by atoms with E-state index in [9.17, 15) is 0 Å².